The predicted molar refractivity (Wildman–Crippen MR) is 78.5 cm³/mol. The Morgan fingerprint density at radius 3 is 2.76 bits per heavy atom. The van der Waals surface area contributed by atoms with E-state index in [4.69, 9.17) is 4.42 Å². The number of aromatic nitrogens is 3. The van der Waals surface area contributed by atoms with Crippen LogP contribution in [-0.2, 0) is 6.54 Å². The summed E-state index contributed by atoms with van der Waals surface area (Å²) in [6.07, 6.45) is 5.64. The zero-order valence-electron chi connectivity index (χ0n) is 11.6. The Balaban J connectivity index is 1.38. The molecule has 3 heterocycles. The summed E-state index contributed by atoms with van der Waals surface area (Å²) in [5.74, 6) is 1.60. The van der Waals surface area contributed by atoms with Crippen LogP contribution in [0.4, 0.5) is 0 Å². The average molecular weight is 280 g/mol. The van der Waals surface area contributed by atoms with E-state index in [0.29, 0.717) is 6.04 Å². The molecule has 0 atom stereocenters. The maximum absolute atomic E-state index is 5.83. The number of hydrogen-bond donors (Lipinski definition) is 0. The highest BCUT2D eigenvalue weighted by Gasteiger charge is 2.29. The molecule has 0 aliphatic carbocycles. The van der Waals surface area contributed by atoms with Crippen molar-refractivity contribution in [3.63, 3.8) is 0 Å². The third-order valence-electron chi connectivity index (χ3n) is 3.81. The van der Waals surface area contributed by atoms with Crippen LogP contribution in [0.1, 0.15) is 11.9 Å². The van der Waals surface area contributed by atoms with Crippen molar-refractivity contribution in [2.24, 2.45) is 0 Å². The molecule has 4 rings (SSSR count). The molecule has 0 radical (unpaired) electrons. The molecule has 106 valence electrons. The van der Waals surface area contributed by atoms with Gasteiger partial charge in [-0.05, 0) is 6.07 Å². The van der Waals surface area contributed by atoms with E-state index < -0.39 is 0 Å². The third-order valence-corrected chi connectivity index (χ3v) is 3.81. The van der Waals surface area contributed by atoms with Gasteiger partial charge in [-0.1, -0.05) is 30.3 Å². The second-order valence-corrected chi connectivity index (χ2v) is 5.32. The number of likely N-dealkylation sites (tertiary alicyclic amines) is 1. The number of rotatable bonds is 4. The second-order valence-electron chi connectivity index (χ2n) is 5.32. The molecular formula is C16H16N4O. The van der Waals surface area contributed by atoms with Gasteiger partial charge in [0, 0.05) is 31.0 Å². The molecule has 2 aromatic heterocycles. The highest BCUT2D eigenvalue weighted by molar-refractivity contribution is 5.55. The molecule has 0 unspecified atom stereocenters. The average Bonchev–Trinajstić information content (AvgIpc) is 3.15. The zero-order valence-corrected chi connectivity index (χ0v) is 11.6. The molecule has 1 fully saturated rings. The van der Waals surface area contributed by atoms with Crippen molar-refractivity contribution >= 4 is 0 Å². The Labute approximate surface area is 122 Å². The largest absolute Gasteiger partial charge is 0.439 e. The Bertz CT molecular complexity index is 699. The molecule has 1 aromatic carbocycles. The fraction of sp³-hybridized carbons (Fsp3) is 0.250. The van der Waals surface area contributed by atoms with Crippen molar-refractivity contribution in [2.75, 3.05) is 13.1 Å². The fourth-order valence-electron chi connectivity index (χ4n) is 2.65. The maximum Gasteiger partial charge on any atom is 0.209 e. The van der Waals surface area contributed by atoms with E-state index in [-0.39, 0.29) is 0 Å². The number of benzene rings is 1. The minimum Gasteiger partial charge on any atom is -0.439 e. The van der Waals surface area contributed by atoms with Gasteiger partial charge < -0.3 is 4.42 Å². The van der Waals surface area contributed by atoms with Gasteiger partial charge >= 0.3 is 0 Å². The van der Waals surface area contributed by atoms with E-state index in [1.807, 2.05) is 53.5 Å². The van der Waals surface area contributed by atoms with Gasteiger partial charge in [0.05, 0.1) is 18.8 Å². The van der Waals surface area contributed by atoms with Crippen molar-refractivity contribution < 1.29 is 4.42 Å². The maximum atomic E-state index is 5.83. The summed E-state index contributed by atoms with van der Waals surface area (Å²) < 4.78 is 7.84. The summed E-state index contributed by atoms with van der Waals surface area (Å²) in [6, 6.07) is 12.5. The first-order valence-electron chi connectivity index (χ1n) is 7.10. The minimum atomic E-state index is 0.476. The molecule has 0 spiro atoms. The van der Waals surface area contributed by atoms with Crippen molar-refractivity contribution in [1.29, 1.82) is 0 Å². The van der Waals surface area contributed by atoms with Gasteiger partial charge in [0.1, 0.15) is 0 Å². The molecule has 0 bridgehead atoms. The summed E-state index contributed by atoms with van der Waals surface area (Å²) in [6.45, 7) is 2.74. The molecule has 5 nitrogen and oxygen atoms in total. The molecule has 3 aromatic rings. The highest BCUT2D eigenvalue weighted by Crippen LogP contribution is 2.24. The first-order valence-corrected chi connectivity index (χ1v) is 7.10. The van der Waals surface area contributed by atoms with E-state index in [2.05, 4.69) is 15.0 Å². The Hall–Kier alpha value is -2.40. The smallest absolute Gasteiger partial charge is 0.209 e. The Morgan fingerprint density at radius 1 is 1.14 bits per heavy atom. The molecule has 5 heteroatoms. The van der Waals surface area contributed by atoms with Crippen LogP contribution in [0.15, 0.2) is 59.4 Å². The Morgan fingerprint density at radius 2 is 2.00 bits per heavy atom. The topological polar surface area (TPSA) is 47.1 Å². The SMILES string of the molecule is c1ccc(-c2cnc(CN3CC(n4cccn4)C3)o2)cc1. The van der Waals surface area contributed by atoms with E-state index in [9.17, 15) is 0 Å². The summed E-state index contributed by atoms with van der Waals surface area (Å²) in [4.78, 5) is 6.68. The van der Waals surface area contributed by atoms with Gasteiger partial charge in [-0.3, -0.25) is 9.58 Å². The molecule has 1 aliphatic heterocycles. The summed E-state index contributed by atoms with van der Waals surface area (Å²) >= 11 is 0. The van der Waals surface area contributed by atoms with Gasteiger partial charge in [0.2, 0.25) is 5.89 Å². The van der Waals surface area contributed by atoms with Crippen LogP contribution < -0.4 is 0 Å². The number of nitrogens with zero attached hydrogens (tertiary/aromatic N) is 4. The lowest BCUT2D eigenvalue weighted by Gasteiger charge is -2.38. The second kappa shape index (κ2) is 5.18. The summed E-state index contributed by atoms with van der Waals surface area (Å²) in [5, 5.41) is 4.27. The lowest BCUT2D eigenvalue weighted by atomic mass is 10.1. The van der Waals surface area contributed by atoms with Gasteiger partial charge in [0.15, 0.2) is 5.76 Å². The van der Waals surface area contributed by atoms with Crippen molar-refractivity contribution in [1.82, 2.24) is 19.7 Å². The van der Waals surface area contributed by atoms with Gasteiger partial charge in [-0.15, -0.1) is 0 Å². The van der Waals surface area contributed by atoms with Gasteiger partial charge in [-0.2, -0.15) is 5.10 Å². The number of hydrogen-bond acceptors (Lipinski definition) is 4. The predicted octanol–water partition coefficient (Wildman–Crippen LogP) is 2.60. The lowest BCUT2D eigenvalue weighted by Crippen LogP contribution is -2.47. The van der Waals surface area contributed by atoms with Gasteiger partial charge in [-0.25, -0.2) is 4.98 Å². The monoisotopic (exact) mass is 280 g/mol. The first-order chi connectivity index (χ1) is 10.4. The third kappa shape index (κ3) is 2.48. The standard InChI is InChI=1S/C16H16N4O/c1-2-5-13(6-3-1)15-9-17-16(21-15)12-19-10-14(11-19)20-8-4-7-18-20/h1-9,14H,10-12H2. The molecule has 0 N–H and O–H groups in total. The summed E-state index contributed by atoms with van der Waals surface area (Å²) in [5.41, 5.74) is 1.06. The van der Waals surface area contributed by atoms with E-state index in [1.54, 1.807) is 6.20 Å². The van der Waals surface area contributed by atoms with E-state index >= 15 is 0 Å². The van der Waals surface area contributed by atoms with Crippen LogP contribution in [0.2, 0.25) is 0 Å². The molecule has 0 saturated carbocycles. The van der Waals surface area contributed by atoms with Gasteiger partial charge in [0.25, 0.3) is 0 Å². The van der Waals surface area contributed by atoms with Crippen molar-refractivity contribution in [3.8, 4) is 11.3 Å². The van der Waals surface area contributed by atoms with Crippen LogP contribution in [0, 0.1) is 0 Å². The zero-order chi connectivity index (χ0) is 14.1. The van der Waals surface area contributed by atoms with Crippen LogP contribution in [0.3, 0.4) is 0 Å². The molecule has 0 amide bonds. The lowest BCUT2D eigenvalue weighted by molar-refractivity contribution is 0.0818. The quantitative estimate of drug-likeness (QED) is 0.737. The number of oxazole rings is 1. The van der Waals surface area contributed by atoms with Crippen LogP contribution in [0.25, 0.3) is 11.3 Å². The molecule has 1 aliphatic rings. The van der Waals surface area contributed by atoms with Crippen molar-refractivity contribution in [2.45, 2.75) is 12.6 Å². The minimum absolute atomic E-state index is 0.476. The highest BCUT2D eigenvalue weighted by atomic mass is 16.4. The normalized spacial score (nSPS) is 16.0. The molecular weight excluding hydrogens is 264 g/mol. The van der Waals surface area contributed by atoms with Crippen molar-refractivity contribution in [3.05, 3.63) is 60.9 Å². The Kier molecular flexibility index (Phi) is 3.05. The van der Waals surface area contributed by atoms with E-state index in [1.165, 1.54) is 0 Å². The van der Waals surface area contributed by atoms with Crippen LogP contribution in [0.5, 0.6) is 0 Å². The van der Waals surface area contributed by atoms with Crippen LogP contribution >= 0.6 is 0 Å². The molecule has 1 saturated heterocycles. The summed E-state index contributed by atoms with van der Waals surface area (Å²) in [7, 11) is 0. The fourth-order valence-corrected chi connectivity index (χ4v) is 2.65. The molecule has 21 heavy (non-hydrogen) atoms. The van der Waals surface area contributed by atoms with E-state index in [0.717, 1.165) is 36.8 Å². The first kappa shape index (κ1) is 12.3. The van der Waals surface area contributed by atoms with Crippen LogP contribution in [-0.4, -0.2) is 32.8 Å².